The van der Waals surface area contributed by atoms with Crippen LogP contribution in [-0.2, 0) is 30.3 Å². The van der Waals surface area contributed by atoms with Gasteiger partial charge in [0.25, 0.3) is 0 Å². The van der Waals surface area contributed by atoms with Crippen molar-refractivity contribution in [1.82, 2.24) is 15.1 Å². The van der Waals surface area contributed by atoms with Gasteiger partial charge in [-0.1, -0.05) is 18.0 Å². The van der Waals surface area contributed by atoms with Crippen LogP contribution in [0.3, 0.4) is 0 Å². The molecule has 2 heterocycles. The van der Waals surface area contributed by atoms with Crippen LogP contribution in [0.2, 0.25) is 5.02 Å². The molecule has 0 aliphatic heterocycles. The smallest absolute Gasteiger partial charge is 0.436 e. The number of aromatic nitrogens is 2. The molecule has 1 aliphatic rings. The van der Waals surface area contributed by atoms with E-state index in [1.165, 1.54) is 27.8 Å². The predicted molar refractivity (Wildman–Crippen MR) is 127 cm³/mol. The van der Waals surface area contributed by atoms with Gasteiger partial charge in [0.05, 0.1) is 22.9 Å². The highest BCUT2D eigenvalue weighted by atomic mass is 35.5. The second kappa shape index (κ2) is 11.1. The Balaban J connectivity index is 1.60. The summed E-state index contributed by atoms with van der Waals surface area (Å²) >= 11 is 12.7. The minimum atomic E-state index is -4.59. The first kappa shape index (κ1) is 25.8. The van der Waals surface area contributed by atoms with Crippen LogP contribution in [0.15, 0.2) is 0 Å². The van der Waals surface area contributed by atoms with E-state index in [1.807, 2.05) is 0 Å². The first-order valence-electron chi connectivity index (χ1n) is 10.8. The highest BCUT2D eigenvalue weighted by molar-refractivity contribution is 7.80. The van der Waals surface area contributed by atoms with Gasteiger partial charge in [-0.05, 0) is 63.7 Å². The van der Waals surface area contributed by atoms with E-state index in [9.17, 15) is 18.0 Å². The maximum absolute atomic E-state index is 13.0. The molecule has 182 valence electrons. The molecule has 33 heavy (non-hydrogen) atoms. The summed E-state index contributed by atoms with van der Waals surface area (Å²) in [7, 11) is 0. The minimum Gasteiger partial charge on any atom is -0.462 e. The zero-order valence-electron chi connectivity index (χ0n) is 18.4. The minimum absolute atomic E-state index is 0.249. The zero-order valence-corrected chi connectivity index (χ0v) is 20.8. The first-order chi connectivity index (χ1) is 15.6. The van der Waals surface area contributed by atoms with E-state index in [0.29, 0.717) is 35.2 Å². The quantitative estimate of drug-likeness (QED) is 0.209. The third kappa shape index (κ3) is 6.19. The summed E-state index contributed by atoms with van der Waals surface area (Å²) in [4.78, 5) is 13.8. The molecular formula is C21H26ClF3N4O2S2. The standard InChI is InChI=1S/C21H26ClF3N4O2S2/c1-3-31-19(30)15-13-8-5-4-6-9-14(13)33-18(15)27-20(32)26-10-7-11-29-12(2)16(22)17(28-29)21(23,24)25/h3-11H2,1-2H3,(H2,26,27,32). The molecule has 3 rings (SSSR count). The van der Waals surface area contributed by atoms with Crippen molar-refractivity contribution in [2.24, 2.45) is 0 Å². The number of carbonyl (C=O) groups excluding carboxylic acids is 1. The van der Waals surface area contributed by atoms with E-state index in [2.05, 4.69) is 15.7 Å². The third-order valence-corrected chi connectivity index (χ3v) is 7.27. The van der Waals surface area contributed by atoms with Crippen molar-refractivity contribution in [2.75, 3.05) is 18.5 Å². The second-order valence-electron chi connectivity index (χ2n) is 7.69. The lowest BCUT2D eigenvalue weighted by atomic mass is 10.1. The van der Waals surface area contributed by atoms with Crippen molar-refractivity contribution in [3.8, 4) is 0 Å². The van der Waals surface area contributed by atoms with Crippen LogP contribution in [0.1, 0.15) is 64.8 Å². The van der Waals surface area contributed by atoms with E-state index in [4.69, 9.17) is 28.6 Å². The van der Waals surface area contributed by atoms with Gasteiger partial charge in [-0.15, -0.1) is 11.3 Å². The lowest BCUT2D eigenvalue weighted by Gasteiger charge is -2.12. The Morgan fingerprint density at radius 1 is 1.30 bits per heavy atom. The Hall–Kier alpha value is -1.85. The molecule has 6 nitrogen and oxygen atoms in total. The number of nitrogens with one attached hydrogen (secondary N) is 2. The summed E-state index contributed by atoms with van der Waals surface area (Å²) < 4.78 is 45.4. The molecule has 0 fully saturated rings. The number of rotatable bonds is 7. The second-order valence-corrected chi connectivity index (χ2v) is 9.58. The summed E-state index contributed by atoms with van der Waals surface area (Å²) in [6, 6.07) is 0. The number of carbonyl (C=O) groups is 1. The van der Waals surface area contributed by atoms with E-state index in [0.717, 1.165) is 37.7 Å². The van der Waals surface area contributed by atoms with Gasteiger partial charge < -0.3 is 15.4 Å². The van der Waals surface area contributed by atoms with Crippen LogP contribution in [0.4, 0.5) is 18.2 Å². The molecule has 12 heteroatoms. The van der Waals surface area contributed by atoms with Gasteiger partial charge in [0.1, 0.15) is 5.00 Å². The van der Waals surface area contributed by atoms with Gasteiger partial charge >= 0.3 is 12.1 Å². The number of nitrogens with zero attached hydrogens (tertiary/aromatic N) is 2. The number of thiophene rings is 1. The Morgan fingerprint density at radius 3 is 2.70 bits per heavy atom. The molecular weight excluding hydrogens is 497 g/mol. The van der Waals surface area contributed by atoms with Crippen molar-refractivity contribution in [1.29, 1.82) is 0 Å². The van der Waals surface area contributed by atoms with Gasteiger partial charge in [0.2, 0.25) is 0 Å². The van der Waals surface area contributed by atoms with E-state index in [-0.39, 0.29) is 23.2 Å². The number of thiocarbonyl (C=S) groups is 1. The van der Waals surface area contributed by atoms with Crippen molar-refractivity contribution >= 4 is 51.2 Å². The number of alkyl halides is 3. The van der Waals surface area contributed by atoms with Crippen LogP contribution in [0, 0.1) is 6.92 Å². The summed E-state index contributed by atoms with van der Waals surface area (Å²) in [5.41, 5.74) is 0.803. The van der Waals surface area contributed by atoms with Gasteiger partial charge in [-0.2, -0.15) is 18.3 Å². The van der Waals surface area contributed by atoms with Crippen LogP contribution in [0.25, 0.3) is 0 Å². The van der Waals surface area contributed by atoms with Gasteiger partial charge in [0, 0.05) is 18.0 Å². The molecule has 2 N–H and O–H groups in total. The van der Waals surface area contributed by atoms with Crippen LogP contribution in [0.5, 0.6) is 0 Å². The van der Waals surface area contributed by atoms with Crippen molar-refractivity contribution < 1.29 is 22.7 Å². The fraction of sp³-hybridized carbons (Fsp3) is 0.571. The first-order valence-corrected chi connectivity index (χ1v) is 12.4. The average Bonchev–Trinajstić information content (AvgIpc) is 3.12. The zero-order chi connectivity index (χ0) is 24.2. The van der Waals surface area contributed by atoms with Crippen LogP contribution in [-0.4, -0.2) is 34.0 Å². The normalized spacial score (nSPS) is 13.9. The summed E-state index contributed by atoms with van der Waals surface area (Å²) in [6.45, 7) is 4.22. The number of hydrogen-bond acceptors (Lipinski definition) is 5. The Labute approximate surface area is 204 Å². The number of esters is 1. The van der Waals surface area contributed by atoms with Gasteiger partial charge in [-0.3, -0.25) is 4.68 Å². The van der Waals surface area contributed by atoms with E-state index in [1.54, 1.807) is 6.92 Å². The summed E-state index contributed by atoms with van der Waals surface area (Å²) in [5.74, 6) is -0.353. The largest absolute Gasteiger partial charge is 0.462 e. The lowest BCUT2D eigenvalue weighted by molar-refractivity contribution is -0.141. The fourth-order valence-electron chi connectivity index (χ4n) is 3.75. The highest BCUT2D eigenvalue weighted by Crippen LogP contribution is 2.38. The molecule has 0 amide bonds. The number of fused-ring (bicyclic) bond motifs is 1. The number of halogens is 4. The van der Waals surface area contributed by atoms with Crippen LogP contribution >= 0.6 is 35.2 Å². The SMILES string of the molecule is CCOC(=O)c1c(NC(=S)NCCCn2nc(C(F)(F)F)c(Cl)c2C)sc2c1CCCCC2. The molecule has 2 aromatic heterocycles. The molecule has 0 bridgehead atoms. The number of anilines is 1. The van der Waals surface area contributed by atoms with Crippen molar-refractivity contribution in [3.63, 3.8) is 0 Å². The fourth-order valence-corrected chi connectivity index (χ4v) is 5.54. The van der Waals surface area contributed by atoms with Crippen molar-refractivity contribution in [3.05, 3.63) is 32.4 Å². The highest BCUT2D eigenvalue weighted by Gasteiger charge is 2.38. The number of ether oxygens (including phenoxy) is 1. The monoisotopic (exact) mass is 522 g/mol. The molecule has 2 aromatic rings. The lowest BCUT2D eigenvalue weighted by Crippen LogP contribution is -2.30. The Bertz CT molecular complexity index is 1020. The summed E-state index contributed by atoms with van der Waals surface area (Å²) in [5, 5.41) is 10.4. The van der Waals surface area contributed by atoms with E-state index < -0.39 is 11.9 Å². The average molecular weight is 523 g/mol. The molecule has 0 aromatic carbocycles. The number of hydrogen-bond donors (Lipinski definition) is 2. The Kier molecular flexibility index (Phi) is 8.63. The molecule has 0 unspecified atom stereocenters. The molecule has 0 saturated carbocycles. The predicted octanol–water partition coefficient (Wildman–Crippen LogP) is 5.75. The maximum atomic E-state index is 13.0. The molecule has 0 saturated heterocycles. The topological polar surface area (TPSA) is 68.2 Å². The Morgan fingerprint density at radius 2 is 2.03 bits per heavy atom. The summed E-state index contributed by atoms with van der Waals surface area (Å²) in [6.07, 6.45) is 0.914. The van der Waals surface area contributed by atoms with Crippen molar-refractivity contribution in [2.45, 2.75) is 65.1 Å². The van der Waals surface area contributed by atoms with E-state index >= 15 is 0 Å². The van der Waals surface area contributed by atoms with Gasteiger partial charge in [-0.25, -0.2) is 4.79 Å². The molecule has 0 atom stereocenters. The molecule has 0 radical (unpaired) electrons. The van der Waals surface area contributed by atoms with Gasteiger partial charge in [0.15, 0.2) is 10.8 Å². The van der Waals surface area contributed by atoms with Crippen LogP contribution < -0.4 is 10.6 Å². The molecule has 0 spiro atoms. The number of aryl methyl sites for hydroxylation is 2. The maximum Gasteiger partial charge on any atom is 0.436 e. The third-order valence-electron chi connectivity index (χ3n) is 5.36. The molecule has 1 aliphatic carbocycles.